The first-order chi connectivity index (χ1) is 8.30. The summed E-state index contributed by atoms with van der Waals surface area (Å²) < 4.78 is 31.3. The van der Waals surface area contributed by atoms with Gasteiger partial charge in [-0.05, 0) is 13.0 Å². The van der Waals surface area contributed by atoms with Crippen molar-refractivity contribution in [1.82, 2.24) is 0 Å². The van der Waals surface area contributed by atoms with Crippen LogP contribution in [0.1, 0.15) is 17.8 Å². The first-order valence-electron chi connectivity index (χ1n) is 4.85. The Labute approximate surface area is 117 Å². The van der Waals surface area contributed by atoms with Gasteiger partial charge in [0, 0.05) is 10.9 Å². The molecule has 108 valence electrons. The van der Waals surface area contributed by atoms with Crippen LogP contribution in [0, 0.1) is 10.1 Å². The normalized spacial score (nSPS) is 12.4. The fourth-order valence-electron chi connectivity index (χ4n) is 1.14. The Kier molecular flexibility index (Phi) is 6.27. The lowest BCUT2D eigenvalue weighted by molar-refractivity contribution is -0.380. The molecule has 1 aromatic heterocycles. The van der Waals surface area contributed by atoms with E-state index in [4.69, 9.17) is 5.73 Å². The summed E-state index contributed by atoms with van der Waals surface area (Å²) in [5.74, 6) is -5.66. The molecule has 0 saturated heterocycles. The molecular weight excluding hydrogens is 306 g/mol. The second kappa shape index (κ2) is 6.73. The maximum atomic E-state index is 13.5. The third-order valence-corrected chi connectivity index (χ3v) is 3.16. The molecule has 0 unspecified atom stereocenters. The smallest absolute Gasteiger partial charge is 0.379 e. The van der Waals surface area contributed by atoms with Crippen LogP contribution < -0.4 is 5.73 Å². The van der Waals surface area contributed by atoms with Crippen molar-refractivity contribution >= 4 is 34.7 Å². The van der Waals surface area contributed by atoms with Gasteiger partial charge in [-0.25, -0.2) is 4.79 Å². The molecule has 0 aliphatic heterocycles. The van der Waals surface area contributed by atoms with Crippen LogP contribution in [0.3, 0.4) is 0 Å². The quantitative estimate of drug-likeness (QED) is 0.511. The number of ether oxygens (including phenoxy) is 1. The molecule has 0 amide bonds. The molecular formula is C9H11ClF2N2O4S. The van der Waals surface area contributed by atoms with Gasteiger partial charge in [0.2, 0.25) is 0 Å². The molecule has 0 spiro atoms. The minimum absolute atomic E-state index is 0. The number of hydrogen-bond donors (Lipinski definition) is 1. The van der Waals surface area contributed by atoms with Crippen LogP contribution in [0.5, 0.6) is 0 Å². The number of thiophene rings is 1. The predicted octanol–water partition coefficient (Wildman–Crippen LogP) is 2.28. The van der Waals surface area contributed by atoms with Crippen LogP contribution in [-0.4, -0.2) is 23.4 Å². The molecule has 0 aromatic carbocycles. The van der Waals surface area contributed by atoms with Crippen LogP contribution in [0.4, 0.5) is 13.8 Å². The van der Waals surface area contributed by atoms with Gasteiger partial charge >= 0.3 is 16.9 Å². The van der Waals surface area contributed by atoms with Crippen molar-refractivity contribution in [2.75, 3.05) is 6.61 Å². The molecule has 6 nitrogen and oxygen atoms in total. The Bertz CT molecular complexity index is 469. The van der Waals surface area contributed by atoms with Crippen LogP contribution in [0.2, 0.25) is 0 Å². The molecule has 0 radical (unpaired) electrons. The number of esters is 1. The van der Waals surface area contributed by atoms with E-state index in [0.29, 0.717) is 11.3 Å². The van der Waals surface area contributed by atoms with Gasteiger partial charge in [-0.2, -0.15) is 8.78 Å². The average molecular weight is 317 g/mol. The number of nitrogens with zero attached hydrogens (tertiary/aromatic N) is 1. The second-order valence-corrected chi connectivity index (χ2v) is 4.35. The number of hydrogen-bond acceptors (Lipinski definition) is 6. The summed E-state index contributed by atoms with van der Waals surface area (Å²) in [6, 6.07) is 0.192. The molecule has 0 saturated carbocycles. The molecule has 0 bridgehead atoms. The Morgan fingerprint density at radius 1 is 1.63 bits per heavy atom. The molecule has 0 aliphatic carbocycles. The van der Waals surface area contributed by atoms with E-state index in [1.165, 1.54) is 6.92 Å². The zero-order valence-corrected chi connectivity index (χ0v) is 11.3. The number of alkyl halides is 2. The monoisotopic (exact) mass is 316 g/mol. The van der Waals surface area contributed by atoms with E-state index >= 15 is 0 Å². The van der Waals surface area contributed by atoms with E-state index in [-0.39, 0.29) is 28.9 Å². The number of rotatable bonds is 5. The summed E-state index contributed by atoms with van der Waals surface area (Å²) in [7, 11) is 0. The highest BCUT2D eigenvalue weighted by Crippen LogP contribution is 2.36. The maximum absolute atomic E-state index is 13.5. The van der Waals surface area contributed by atoms with Crippen molar-refractivity contribution in [3.63, 3.8) is 0 Å². The minimum Gasteiger partial charge on any atom is -0.462 e. The van der Waals surface area contributed by atoms with Gasteiger partial charge in [0.15, 0.2) is 0 Å². The van der Waals surface area contributed by atoms with Crippen molar-refractivity contribution in [1.29, 1.82) is 0 Å². The van der Waals surface area contributed by atoms with Crippen LogP contribution >= 0.6 is 23.7 Å². The third-order valence-electron chi connectivity index (χ3n) is 2.04. The summed E-state index contributed by atoms with van der Waals surface area (Å²) in [6.07, 6.45) is 0. The zero-order valence-electron chi connectivity index (χ0n) is 9.67. The Morgan fingerprint density at radius 3 is 2.63 bits per heavy atom. The number of nitro groups is 1. The SMILES string of the molecule is CCOC(=O)C(F)(F)[C@H](N)c1ccc([N+](=O)[O-])s1.Cl. The van der Waals surface area contributed by atoms with E-state index in [9.17, 15) is 23.7 Å². The number of nitrogens with two attached hydrogens (primary N) is 1. The molecule has 2 N–H and O–H groups in total. The standard InChI is InChI=1S/C9H10F2N2O4S.ClH/c1-2-17-8(14)9(10,11)7(12)5-3-4-6(18-5)13(15)16;/h3-4,7H,2,12H2,1H3;1H/t7-;/m1./s1. The minimum atomic E-state index is -3.92. The fourth-order valence-corrected chi connectivity index (χ4v) is 2.00. The lowest BCUT2D eigenvalue weighted by Crippen LogP contribution is -2.41. The number of carbonyl (C=O) groups is 1. The van der Waals surface area contributed by atoms with Crippen molar-refractivity contribution in [3.05, 3.63) is 27.1 Å². The molecule has 0 fully saturated rings. The largest absolute Gasteiger partial charge is 0.462 e. The molecule has 10 heteroatoms. The van der Waals surface area contributed by atoms with E-state index in [1.54, 1.807) is 0 Å². The molecule has 19 heavy (non-hydrogen) atoms. The fraction of sp³-hybridized carbons (Fsp3) is 0.444. The lowest BCUT2D eigenvalue weighted by atomic mass is 10.1. The van der Waals surface area contributed by atoms with E-state index in [0.717, 1.165) is 12.1 Å². The van der Waals surface area contributed by atoms with Crippen molar-refractivity contribution < 1.29 is 23.2 Å². The van der Waals surface area contributed by atoms with Gasteiger partial charge < -0.3 is 10.5 Å². The summed E-state index contributed by atoms with van der Waals surface area (Å²) in [4.78, 5) is 20.6. The van der Waals surface area contributed by atoms with E-state index < -0.39 is 22.9 Å². The van der Waals surface area contributed by atoms with Gasteiger partial charge in [0.05, 0.1) is 11.5 Å². The number of halogens is 3. The van der Waals surface area contributed by atoms with Gasteiger partial charge in [0.25, 0.3) is 0 Å². The molecule has 1 aromatic rings. The van der Waals surface area contributed by atoms with Gasteiger partial charge in [-0.3, -0.25) is 10.1 Å². The van der Waals surface area contributed by atoms with E-state index in [1.807, 2.05) is 0 Å². The van der Waals surface area contributed by atoms with Crippen molar-refractivity contribution in [2.45, 2.75) is 18.9 Å². The van der Waals surface area contributed by atoms with Crippen molar-refractivity contribution in [3.8, 4) is 0 Å². The Hall–Kier alpha value is -1.32. The van der Waals surface area contributed by atoms with Gasteiger partial charge in [0.1, 0.15) is 6.04 Å². The average Bonchev–Trinajstić information content (AvgIpc) is 2.77. The van der Waals surface area contributed by atoms with E-state index in [2.05, 4.69) is 4.74 Å². The molecule has 1 atom stereocenters. The Morgan fingerprint density at radius 2 is 2.21 bits per heavy atom. The van der Waals surface area contributed by atoms with Crippen LogP contribution in [-0.2, 0) is 9.53 Å². The van der Waals surface area contributed by atoms with Gasteiger partial charge in [-0.1, -0.05) is 11.3 Å². The topological polar surface area (TPSA) is 95.5 Å². The molecule has 1 heterocycles. The van der Waals surface area contributed by atoms with Crippen LogP contribution in [0.15, 0.2) is 12.1 Å². The highest BCUT2D eigenvalue weighted by molar-refractivity contribution is 7.15. The predicted molar refractivity (Wildman–Crippen MR) is 66.7 cm³/mol. The maximum Gasteiger partial charge on any atom is 0.379 e. The molecule has 0 aliphatic rings. The highest BCUT2D eigenvalue weighted by atomic mass is 35.5. The Balaban J connectivity index is 0.00000324. The third kappa shape index (κ3) is 3.82. The summed E-state index contributed by atoms with van der Waals surface area (Å²) in [6.45, 7) is 1.18. The summed E-state index contributed by atoms with van der Waals surface area (Å²) in [5.41, 5.74) is 5.25. The zero-order chi connectivity index (χ0) is 13.9. The highest BCUT2D eigenvalue weighted by Gasteiger charge is 2.48. The first kappa shape index (κ1) is 17.7. The van der Waals surface area contributed by atoms with Crippen LogP contribution in [0.25, 0.3) is 0 Å². The molecule has 1 rings (SSSR count). The number of carbonyl (C=O) groups excluding carboxylic acids is 1. The summed E-state index contributed by atoms with van der Waals surface area (Å²) >= 11 is 0.500. The summed E-state index contributed by atoms with van der Waals surface area (Å²) in [5, 5.41) is 10.1. The first-order valence-corrected chi connectivity index (χ1v) is 5.67. The lowest BCUT2D eigenvalue weighted by Gasteiger charge is -2.20. The second-order valence-electron chi connectivity index (χ2n) is 3.25. The van der Waals surface area contributed by atoms with Crippen molar-refractivity contribution in [2.24, 2.45) is 5.73 Å². The van der Waals surface area contributed by atoms with Gasteiger partial charge in [-0.15, -0.1) is 12.4 Å².